The van der Waals surface area contributed by atoms with E-state index in [1.807, 2.05) is 13.8 Å². The fraction of sp³-hybridized carbons (Fsp3) is 0.667. The van der Waals surface area contributed by atoms with Crippen molar-refractivity contribution in [2.24, 2.45) is 0 Å². The Morgan fingerprint density at radius 1 is 1.26 bits per heavy atom. The minimum absolute atomic E-state index is 0.169. The number of aromatic amines is 1. The van der Waals surface area contributed by atoms with Crippen molar-refractivity contribution in [3.63, 3.8) is 0 Å². The van der Waals surface area contributed by atoms with Crippen LogP contribution in [0, 0.1) is 0 Å². The number of hydrogen-bond donors (Lipinski definition) is 4. The maximum atomic E-state index is 12.0. The zero-order chi connectivity index (χ0) is 17.6. The van der Waals surface area contributed by atoms with E-state index in [0.717, 1.165) is 5.69 Å². The Morgan fingerprint density at radius 2 is 1.87 bits per heavy atom. The average Bonchev–Trinajstić information content (AvgIpc) is 2.78. The number of alkyl carbamates (subject to hydrolysis) is 1. The van der Waals surface area contributed by atoms with Gasteiger partial charge in [-0.3, -0.25) is 9.89 Å². The van der Waals surface area contributed by atoms with Crippen molar-refractivity contribution in [1.82, 2.24) is 20.8 Å². The topological polar surface area (TPSA) is 122 Å². The number of nitrogen functional groups attached to an aromatic ring is 1. The number of nitrogens with two attached hydrogens (primary N) is 1. The summed E-state index contributed by atoms with van der Waals surface area (Å²) in [6.45, 7) is 10.1. The van der Waals surface area contributed by atoms with E-state index in [9.17, 15) is 9.59 Å². The molecule has 0 aliphatic carbocycles. The van der Waals surface area contributed by atoms with E-state index in [4.69, 9.17) is 10.5 Å². The highest BCUT2D eigenvalue weighted by molar-refractivity contribution is 5.97. The number of hydrogen-bond acceptors (Lipinski definition) is 5. The third-order valence-electron chi connectivity index (χ3n) is 2.93. The molecule has 0 aliphatic rings. The lowest BCUT2D eigenvalue weighted by Gasteiger charge is -2.19. The molecule has 1 aromatic rings. The van der Waals surface area contributed by atoms with Crippen LogP contribution in [-0.4, -0.2) is 40.9 Å². The smallest absolute Gasteiger partial charge is 0.407 e. The zero-order valence-corrected chi connectivity index (χ0v) is 14.4. The van der Waals surface area contributed by atoms with E-state index < -0.39 is 11.7 Å². The first kappa shape index (κ1) is 18.8. The van der Waals surface area contributed by atoms with Gasteiger partial charge in [-0.2, -0.15) is 5.10 Å². The fourth-order valence-electron chi connectivity index (χ4n) is 1.86. The highest BCUT2D eigenvalue weighted by Crippen LogP contribution is 2.21. The van der Waals surface area contributed by atoms with Gasteiger partial charge < -0.3 is 21.1 Å². The summed E-state index contributed by atoms with van der Waals surface area (Å²) < 4.78 is 5.11. The second kappa shape index (κ2) is 7.85. The van der Waals surface area contributed by atoms with Crippen molar-refractivity contribution < 1.29 is 14.3 Å². The Bertz CT molecular complexity index is 546. The molecule has 1 rings (SSSR count). The second-order valence-corrected chi connectivity index (χ2v) is 6.59. The molecule has 0 fully saturated rings. The lowest BCUT2D eigenvalue weighted by molar-refractivity contribution is 0.0527. The van der Waals surface area contributed by atoms with E-state index in [1.165, 1.54) is 0 Å². The lowest BCUT2D eigenvalue weighted by atomic mass is 10.1. The van der Waals surface area contributed by atoms with Crippen molar-refractivity contribution in [2.45, 2.75) is 52.6 Å². The van der Waals surface area contributed by atoms with Crippen LogP contribution < -0.4 is 16.4 Å². The monoisotopic (exact) mass is 325 g/mol. The highest BCUT2D eigenvalue weighted by atomic mass is 16.6. The first-order valence-corrected chi connectivity index (χ1v) is 7.70. The van der Waals surface area contributed by atoms with Gasteiger partial charge in [0.1, 0.15) is 5.60 Å². The first-order valence-electron chi connectivity index (χ1n) is 7.70. The van der Waals surface area contributed by atoms with Crippen molar-refractivity contribution >= 4 is 17.7 Å². The number of ether oxygens (including phenoxy) is 1. The minimum Gasteiger partial charge on any atom is -0.444 e. The van der Waals surface area contributed by atoms with Gasteiger partial charge in [0.05, 0.1) is 11.4 Å². The summed E-state index contributed by atoms with van der Waals surface area (Å²) in [4.78, 5) is 23.4. The Labute approximate surface area is 136 Å². The average molecular weight is 325 g/mol. The van der Waals surface area contributed by atoms with Crippen molar-refractivity contribution in [1.29, 1.82) is 0 Å². The van der Waals surface area contributed by atoms with Crippen molar-refractivity contribution in [2.75, 3.05) is 18.8 Å². The molecule has 1 aromatic heterocycles. The van der Waals surface area contributed by atoms with Crippen LogP contribution in [0.15, 0.2) is 0 Å². The van der Waals surface area contributed by atoms with Crippen LogP contribution in [0.3, 0.4) is 0 Å². The normalized spacial score (nSPS) is 11.4. The van der Waals surface area contributed by atoms with Gasteiger partial charge >= 0.3 is 6.09 Å². The van der Waals surface area contributed by atoms with Crippen LogP contribution in [-0.2, 0) is 4.74 Å². The van der Waals surface area contributed by atoms with E-state index >= 15 is 0 Å². The summed E-state index contributed by atoms with van der Waals surface area (Å²) in [5, 5.41) is 12.1. The summed E-state index contributed by atoms with van der Waals surface area (Å²) in [7, 11) is 0. The fourth-order valence-corrected chi connectivity index (χ4v) is 1.86. The summed E-state index contributed by atoms with van der Waals surface area (Å²) in [5.41, 5.74) is 6.72. The minimum atomic E-state index is -0.524. The van der Waals surface area contributed by atoms with Gasteiger partial charge in [0.2, 0.25) is 0 Å². The van der Waals surface area contributed by atoms with E-state index in [0.29, 0.717) is 25.2 Å². The molecule has 0 spiro atoms. The molecule has 0 aliphatic heterocycles. The Morgan fingerprint density at radius 3 is 2.39 bits per heavy atom. The van der Waals surface area contributed by atoms with E-state index in [1.54, 1.807) is 20.8 Å². The van der Waals surface area contributed by atoms with E-state index in [-0.39, 0.29) is 17.5 Å². The van der Waals surface area contributed by atoms with Crippen molar-refractivity contribution in [3.8, 4) is 0 Å². The third-order valence-corrected chi connectivity index (χ3v) is 2.93. The quantitative estimate of drug-likeness (QED) is 0.594. The molecule has 0 aromatic carbocycles. The molecule has 2 amide bonds. The number of rotatable bonds is 6. The summed E-state index contributed by atoms with van der Waals surface area (Å²) >= 11 is 0. The van der Waals surface area contributed by atoms with Crippen molar-refractivity contribution in [3.05, 3.63) is 11.4 Å². The molecule has 8 nitrogen and oxygen atoms in total. The number of nitrogens with zero attached hydrogens (tertiary/aromatic N) is 1. The van der Waals surface area contributed by atoms with Crippen LogP contribution in [0.5, 0.6) is 0 Å². The molecule has 0 atom stereocenters. The Hall–Kier alpha value is -2.25. The summed E-state index contributed by atoms with van der Waals surface area (Å²) in [6, 6.07) is 0. The number of carbonyl (C=O) groups is 2. The molecular formula is C15H27N5O3. The molecule has 0 saturated heterocycles. The van der Waals surface area contributed by atoms with Gasteiger partial charge in [0, 0.05) is 13.1 Å². The van der Waals surface area contributed by atoms with Gasteiger partial charge in [-0.25, -0.2) is 4.79 Å². The number of carbonyl (C=O) groups excluding carboxylic acids is 2. The van der Waals surface area contributed by atoms with Gasteiger partial charge in [0.25, 0.3) is 5.91 Å². The highest BCUT2D eigenvalue weighted by Gasteiger charge is 2.18. The first-order chi connectivity index (χ1) is 10.6. The number of amides is 2. The summed E-state index contributed by atoms with van der Waals surface area (Å²) in [5.74, 6) is -0.162. The number of nitrogens with one attached hydrogen (secondary N) is 3. The standard InChI is InChI=1S/C15H27N5O3/c1-9(2)11-10(16)12(20-19-11)13(21)17-7-6-8-18-14(22)23-15(3,4)5/h9H,6-8,16H2,1-5H3,(H,17,21)(H,18,22)(H,19,20). The van der Waals surface area contributed by atoms with Gasteiger partial charge in [-0.1, -0.05) is 13.8 Å². The molecular weight excluding hydrogens is 298 g/mol. The van der Waals surface area contributed by atoms with Crippen LogP contribution in [0.4, 0.5) is 10.5 Å². The SMILES string of the molecule is CC(C)c1[nH]nc(C(=O)NCCCNC(=O)OC(C)(C)C)c1N. The molecule has 5 N–H and O–H groups in total. The van der Waals surface area contributed by atoms with E-state index in [2.05, 4.69) is 20.8 Å². The zero-order valence-electron chi connectivity index (χ0n) is 14.4. The van der Waals surface area contributed by atoms with Crippen LogP contribution in [0.25, 0.3) is 0 Å². The molecule has 0 radical (unpaired) electrons. The molecule has 130 valence electrons. The molecule has 1 heterocycles. The summed E-state index contributed by atoms with van der Waals surface area (Å²) in [6.07, 6.45) is 0.105. The molecule has 0 bridgehead atoms. The van der Waals surface area contributed by atoms with Crippen LogP contribution in [0.2, 0.25) is 0 Å². The van der Waals surface area contributed by atoms with Crippen LogP contribution >= 0.6 is 0 Å². The number of anilines is 1. The molecule has 23 heavy (non-hydrogen) atoms. The molecule has 8 heteroatoms. The molecule has 0 unspecified atom stereocenters. The predicted octanol–water partition coefficient (Wildman–Crippen LogP) is 1.76. The largest absolute Gasteiger partial charge is 0.444 e. The second-order valence-electron chi connectivity index (χ2n) is 6.59. The maximum Gasteiger partial charge on any atom is 0.407 e. The van der Waals surface area contributed by atoms with Gasteiger partial charge in [0.15, 0.2) is 5.69 Å². The predicted molar refractivity (Wildman–Crippen MR) is 88.3 cm³/mol. The maximum absolute atomic E-state index is 12.0. The number of aromatic nitrogens is 2. The Balaban J connectivity index is 2.31. The van der Waals surface area contributed by atoms with Crippen LogP contribution in [0.1, 0.15) is 63.1 Å². The number of H-pyrrole nitrogens is 1. The van der Waals surface area contributed by atoms with Gasteiger partial charge in [-0.05, 0) is 33.1 Å². The molecule has 0 saturated carbocycles. The third kappa shape index (κ3) is 6.17. The lowest BCUT2D eigenvalue weighted by Crippen LogP contribution is -2.34. The van der Waals surface area contributed by atoms with Gasteiger partial charge in [-0.15, -0.1) is 0 Å². The Kier molecular flexibility index (Phi) is 6.41.